The molecule has 0 N–H and O–H groups in total. The average molecular weight is 413 g/mol. The Kier molecular flexibility index (Phi) is 6.14. The summed E-state index contributed by atoms with van der Waals surface area (Å²) >= 11 is 6.59. The molecule has 0 radical (unpaired) electrons. The van der Waals surface area contributed by atoms with Crippen LogP contribution >= 0.6 is 23.4 Å². The molecule has 2 aromatic carbocycles. The normalized spacial score (nSPS) is 15.0. The molecular weight excluding hydrogens is 400 g/mol. The van der Waals surface area contributed by atoms with Gasteiger partial charge in [-0.05, 0) is 59.8 Å². The molecule has 1 aliphatic rings. The lowest BCUT2D eigenvalue weighted by molar-refractivity contribution is -0.122. The van der Waals surface area contributed by atoms with Gasteiger partial charge < -0.3 is 4.74 Å². The number of hydrogen-bond acceptors (Lipinski definition) is 6. The number of imide groups is 1. The van der Waals surface area contributed by atoms with Crippen molar-refractivity contribution in [2.45, 2.75) is 0 Å². The molecule has 28 heavy (non-hydrogen) atoms. The zero-order valence-corrected chi connectivity index (χ0v) is 16.0. The number of rotatable bonds is 6. The SMILES string of the molecule is N#CCOc1ccc(/C=C2\SC(=O)N(CC(=O)c3ccc(Cl)cc3)C2=O)cc1. The first-order chi connectivity index (χ1) is 13.5. The molecule has 2 amide bonds. The molecule has 0 aromatic heterocycles. The Morgan fingerprint density at radius 3 is 2.46 bits per heavy atom. The van der Waals surface area contributed by atoms with E-state index in [9.17, 15) is 14.4 Å². The standard InChI is InChI=1S/C20H13ClN2O4S/c21-15-5-3-14(4-6-15)17(24)12-23-19(25)18(28-20(23)26)11-13-1-7-16(8-2-13)27-10-9-22/h1-8,11H,10,12H2/b18-11-. The van der Waals surface area contributed by atoms with Crippen LogP contribution in [-0.2, 0) is 4.79 Å². The van der Waals surface area contributed by atoms with Gasteiger partial charge in [0.15, 0.2) is 12.4 Å². The summed E-state index contributed by atoms with van der Waals surface area (Å²) < 4.78 is 5.17. The summed E-state index contributed by atoms with van der Waals surface area (Å²) in [4.78, 5) is 38.2. The summed E-state index contributed by atoms with van der Waals surface area (Å²) in [6.07, 6.45) is 1.58. The van der Waals surface area contributed by atoms with Gasteiger partial charge in [-0.3, -0.25) is 19.3 Å². The van der Waals surface area contributed by atoms with E-state index in [2.05, 4.69) is 0 Å². The van der Waals surface area contributed by atoms with Crippen LogP contribution in [0, 0.1) is 11.3 Å². The third kappa shape index (κ3) is 4.60. The number of nitriles is 1. The Morgan fingerprint density at radius 2 is 1.82 bits per heavy atom. The van der Waals surface area contributed by atoms with Crippen LogP contribution in [0.1, 0.15) is 15.9 Å². The minimum atomic E-state index is -0.512. The average Bonchev–Trinajstić information content (AvgIpc) is 2.95. The first-order valence-electron chi connectivity index (χ1n) is 8.12. The summed E-state index contributed by atoms with van der Waals surface area (Å²) in [6.45, 7) is -0.384. The summed E-state index contributed by atoms with van der Waals surface area (Å²) in [6, 6.07) is 14.9. The van der Waals surface area contributed by atoms with Gasteiger partial charge in [0, 0.05) is 10.6 Å². The van der Waals surface area contributed by atoms with E-state index < -0.39 is 11.1 Å². The first kappa shape index (κ1) is 19.7. The smallest absolute Gasteiger partial charge is 0.293 e. The van der Waals surface area contributed by atoms with Crippen LogP contribution < -0.4 is 4.74 Å². The van der Waals surface area contributed by atoms with Crippen LogP contribution in [0.25, 0.3) is 6.08 Å². The van der Waals surface area contributed by atoms with Crippen molar-refractivity contribution in [1.29, 1.82) is 5.26 Å². The Bertz CT molecular complexity index is 994. The number of nitrogens with zero attached hydrogens (tertiary/aromatic N) is 2. The predicted molar refractivity (Wildman–Crippen MR) is 106 cm³/mol. The van der Waals surface area contributed by atoms with Gasteiger partial charge in [0.1, 0.15) is 11.8 Å². The quantitative estimate of drug-likeness (QED) is 0.523. The van der Waals surface area contributed by atoms with E-state index in [0.717, 1.165) is 16.7 Å². The number of carbonyl (C=O) groups excluding carboxylic acids is 3. The van der Waals surface area contributed by atoms with Crippen molar-refractivity contribution >= 4 is 46.4 Å². The fraction of sp³-hybridized carbons (Fsp3) is 0.100. The lowest BCUT2D eigenvalue weighted by Crippen LogP contribution is -2.33. The van der Waals surface area contributed by atoms with Gasteiger partial charge in [0.05, 0.1) is 11.4 Å². The molecule has 140 valence electrons. The van der Waals surface area contributed by atoms with Crippen molar-refractivity contribution < 1.29 is 19.1 Å². The van der Waals surface area contributed by atoms with E-state index in [1.807, 2.05) is 6.07 Å². The van der Waals surface area contributed by atoms with E-state index in [1.54, 1.807) is 54.6 Å². The number of ether oxygens (including phenoxy) is 1. The van der Waals surface area contributed by atoms with Crippen molar-refractivity contribution in [3.05, 3.63) is 69.6 Å². The maximum atomic E-state index is 12.5. The number of Topliss-reactive ketones (excluding diaryl/α,β-unsaturated/α-hetero) is 1. The number of thioether (sulfide) groups is 1. The van der Waals surface area contributed by atoms with Crippen molar-refractivity contribution in [1.82, 2.24) is 4.90 Å². The van der Waals surface area contributed by atoms with Crippen molar-refractivity contribution in [2.75, 3.05) is 13.2 Å². The van der Waals surface area contributed by atoms with Crippen LogP contribution in [0.15, 0.2) is 53.4 Å². The number of amides is 2. The zero-order chi connectivity index (χ0) is 20.1. The fourth-order valence-corrected chi connectivity index (χ4v) is 3.40. The van der Waals surface area contributed by atoms with Crippen LogP contribution in [0.5, 0.6) is 5.75 Å². The molecule has 0 unspecified atom stereocenters. The number of hydrogen-bond donors (Lipinski definition) is 0. The highest BCUT2D eigenvalue weighted by Gasteiger charge is 2.36. The van der Waals surface area contributed by atoms with E-state index in [1.165, 1.54) is 0 Å². The van der Waals surface area contributed by atoms with Crippen LogP contribution in [0.4, 0.5) is 4.79 Å². The van der Waals surface area contributed by atoms with E-state index in [4.69, 9.17) is 21.6 Å². The predicted octanol–water partition coefficient (Wildman–Crippen LogP) is 4.16. The zero-order valence-electron chi connectivity index (χ0n) is 14.4. The van der Waals surface area contributed by atoms with Gasteiger partial charge >= 0.3 is 0 Å². The Balaban J connectivity index is 1.70. The largest absolute Gasteiger partial charge is 0.479 e. The highest BCUT2D eigenvalue weighted by molar-refractivity contribution is 8.18. The van der Waals surface area contributed by atoms with Crippen molar-refractivity contribution in [2.24, 2.45) is 0 Å². The minimum Gasteiger partial charge on any atom is -0.479 e. The van der Waals surface area contributed by atoms with Crippen molar-refractivity contribution in [3.63, 3.8) is 0 Å². The molecule has 1 aliphatic heterocycles. The topological polar surface area (TPSA) is 87.5 Å². The Hall–Kier alpha value is -3.08. The van der Waals surface area contributed by atoms with Gasteiger partial charge in [-0.15, -0.1) is 0 Å². The third-order valence-corrected chi connectivity index (χ3v) is 4.98. The Morgan fingerprint density at radius 1 is 1.14 bits per heavy atom. The molecular formula is C20H13ClN2O4S. The number of carbonyl (C=O) groups is 3. The molecule has 0 spiro atoms. The van der Waals surface area contributed by atoms with E-state index in [0.29, 0.717) is 21.9 Å². The lowest BCUT2D eigenvalue weighted by atomic mass is 10.1. The summed E-state index contributed by atoms with van der Waals surface area (Å²) in [5, 5.41) is 8.51. The van der Waals surface area contributed by atoms with E-state index >= 15 is 0 Å². The summed E-state index contributed by atoms with van der Waals surface area (Å²) in [5.41, 5.74) is 1.07. The van der Waals surface area contributed by atoms with Gasteiger partial charge in [0.25, 0.3) is 11.1 Å². The lowest BCUT2D eigenvalue weighted by Gasteiger charge is -2.11. The molecule has 6 nitrogen and oxygen atoms in total. The molecule has 0 atom stereocenters. The molecule has 1 heterocycles. The second kappa shape index (κ2) is 8.74. The van der Waals surface area contributed by atoms with Crippen molar-refractivity contribution in [3.8, 4) is 11.8 Å². The molecule has 8 heteroatoms. The maximum absolute atomic E-state index is 12.5. The monoisotopic (exact) mass is 412 g/mol. The van der Waals surface area contributed by atoms with Crippen LogP contribution in [0.2, 0.25) is 5.02 Å². The highest BCUT2D eigenvalue weighted by atomic mass is 35.5. The molecule has 0 bridgehead atoms. The third-order valence-electron chi connectivity index (χ3n) is 3.82. The molecule has 1 fully saturated rings. The van der Waals surface area contributed by atoms with Gasteiger partial charge in [-0.2, -0.15) is 5.26 Å². The second-order valence-electron chi connectivity index (χ2n) is 5.71. The van der Waals surface area contributed by atoms with Gasteiger partial charge in [-0.1, -0.05) is 23.7 Å². The number of ketones is 1. The molecule has 2 aromatic rings. The van der Waals surface area contributed by atoms with Crippen LogP contribution in [-0.4, -0.2) is 35.0 Å². The molecule has 3 rings (SSSR count). The first-order valence-corrected chi connectivity index (χ1v) is 9.31. The highest BCUT2D eigenvalue weighted by Crippen LogP contribution is 2.32. The second-order valence-corrected chi connectivity index (χ2v) is 7.14. The van der Waals surface area contributed by atoms with E-state index in [-0.39, 0.29) is 23.8 Å². The maximum Gasteiger partial charge on any atom is 0.293 e. The Labute approximate surface area is 170 Å². The minimum absolute atomic E-state index is 0.0557. The summed E-state index contributed by atoms with van der Waals surface area (Å²) in [5.74, 6) is -0.332. The molecule has 0 aliphatic carbocycles. The van der Waals surface area contributed by atoms with Crippen LogP contribution in [0.3, 0.4) is 0 Å². The van der Waals surface area contributed by atoms with Gasteiger partial charge in [-0.25, -0.2) is 0 Å². The number of halogens is 1. The fourth-order valence-electron chi connectivity index (χ4n) is 2.43. The molecule has 1 saturated heterocycles. The molecule has 0 saturated carbocycles. The summed E-state index contributed by atoms with van der Waals surface area (Å²) in [7, 11) is 0. The van der Waals surface area contributed by atoms with Gasteiger partial charge in [0.2, 0.25) is 0 Å². The number of benzene rings is 2.